The van der Waals surface area contributed by atoms with Gasteiger partial charge in [-0.05, 0) is 25.0 Å². The van der Waals surface area contributed by atoms with E-state index in [4.69, 9.17) is 0 Å². The molecule has 1 amide bonds. The van der Waals surface area contributed by atoms with E-state index in [0.717, 1.165) is 47.3 Å². The van der Waals surface area contributed by atoms with Gasteiger partial charge in [0.1, 0.15) is 5.82 Å². The van der Waals surface area contributed by atoms with E-state index >= 15 is 0 Å². The molecular weight excluding hydrogens is 372 g/mol. The Labute approximate surface area is 171 Å². The smallest absolute Gasteiger partial charge is 0.220 e. The second-order valence-electron chi connectivity index (χ2n) is 7.48. The van der Waals surface area contributed by atoms with E-state index in [-0.39, 0.29) is 5.91 Å². The van der Waals surface area contributed by atoms with E-state index in [1.807, 2.05) is 17.1 Å². The van der Waals surface area contributed by atoms with Crippen molar-refractivity contribution in [3.63, 3.8) is 0 Å². The molecule has 0 aromatic carbocycles. The average Bonchev–Trinajstić information content (AvgIpc) is 3.14. The van der Waals surface area contributed by atoms with Gasteiger partial charge in [-0.3, -0.25) is 4.79 Å². The standard InChI is InChI=1S/C20H32N6OS/c1-3-11-22-18-16-14-23-26(19(16)25-20(24-18)28-2)13-12-21-17(27)10-9-15-7-5-4-6-8-15/h14-15H,3-13H2,1-2H3,(H,21,27)(H,22,24,25). The van der Waals surface area contributed by atoms with Gasteiger partial charge in [0.2, 0.25) is 5.91 Å². The Morgan fingerprint density at radius 2 is 2.07 bits per heavy atom. The fraction of sp³-hybridized carbons (Fsp3) is 0.700. The highest BCUT2D eigenvalue weighted by Crippen LogP contribution is 2.27. The number of aromatic nitrogens is 4. The average molecular weight is 405 g/mol. The molecule has 1 saturated carbocycles. The summed E-state index contributed by atoms with van der Waals surface area (Å²) in [6.07, 6.45) is 13.1. The summed E-state index contributed by atoms with van der Waals surface area (Å²) in [7, 11) is 0. The maximum Gasteiger partial charge on any atom is 0.220 e. The molecule has 1 aliphatic rings. The molecule has 0 spiro atoms. The zero-order valence-electron chi connectivity index (χ0n) is 17.0. The van der Waals surface area contributed by atoms with Crippen LogP contribution in [-0.4, -0.2) is 45.0 Å². The largest absolute Gasteiger partial charge is 0.369 e. The monoisotopic (exact) mass is 404 g/mol. The van der Waals surface area contributed by atoms with E-state index < -0.39 is 0 Å². The molecule has 154 valence electrons. The van der Waals surface area contributed by atoms with Crippen molar-refractivity contribution in [3.05, 3.63) is 6.20 Å². The molecule has 0 unspecified atom stereocenters. The second-order valence-corrected chi connectivity index (χ2v) is 8.26. The third-order valence-corrected chi connectivity index (χ3v) is 5.90. The normalized spacial score (nSPS) is 15.1. The lowest BCUT2D eigenvalue weighted by Gasteiger charge is -2.20. The van der Waals surface area contributed by atoms with Gasteiger partial charge < -0.3 is 10.6 Å². The zero-order chi connectivity index (χ0) is 19.8. The van der Waals surface area contributed by atoms with Crippen LogP contribution in [0.3, 0.4) is 0 Å². The van der Waals surface area contributed by atoms with Crippen molar-refractivity contribution in [2.75, 3.05) is 24.7 Å². The molecule has 0 radical (unpaired) electrons. The highest BCUT2D eigenvalue weighted by Gasteiger charge is 2.15. The topological polar surface area (TPSA) is 84.7 Å². The van der Waals surface area contributed by atoms with Gasteiger partial charge in [0, 0.05) is 19.5 Å². The summed E-state index contributed by atoms with van der Waals surface area (Å²) in [4.78, 5) is 21.4. The van der Waals surface area contributed by atoms with Crippen LogP contribution in [0, 0.1) is 5.92 Å². The summed E-state index contributed by atoms with van der Waals surface area (Å²) in [6.45, 7) is 4.16. The fourth-order valence-electron chi connectivity index (χ4n) is 3.77. The molecule has 0 saturated heterocycles. The van der Waals surface area contributed by atoms with Crippen molar-refractivity contribution >= 4 is 34.5 Å². The Morgan fingerprint density at radius 3 is 2.82 bits per heavy atom. The molecule has 0 aliphatic heterocycles. The first kappa shape index (κ1) is 20.9. The highest BCUT2D eigenvalue weighted by molar-refractivity contribution is 7.98. The number of fused-ring (bicyclic) bond motifs is 1. The quantitative estimate of drug-likeness (QED) is 0.462. The van der Waals surface area contributed by atoms with Gasteiger partial charge in [-0.1, -0.05) is 50.8 Å². The molecule has 0 bridgehead atoms. The van der Waals surface area contributed by atoms with E-state index in [1.54, 1.807) is 0 Å². The van der Waals surface area contributed by atoms with Crippen molar-refractivity contribution in [2.24, 2.45) is 5.92 Å². The number of thioether (sulfide) groups is 1. The van der Waals surface area contributed by atoms with Crippen molar-refractivity contribution in [2.45, 2.75) is 70.0 Å². The van der Waals surface area contributed by atoms with Gasteiger partial charge >= 0.3 is 0 Å². The van der Waals surface area contributed by atoms with Crippen molar-refractivity contribution < 1.29 is 4.79 Å². The molecule has 2 aromatic rings. The molecular formula is C20H32N6OS. The summed E-state index contributed by atoms with van der Waals surface area (Å²) in [5.74, 6) is 1.72. The maximum absolute atomic E-state index is 12.2. The van der Waals surface area contributed by atoms with Gasteiger partial charge in [0.25, 0.3) is 0 Å². The molecule has 8 heteroatoms. The molecule has 1 fully saturated rings. The Hall–Kier alpha value is -1.83. The van der Waals surface area contributed by atoms with Gasteiger partial charge in [0.05, 0.1) is 18.1 Å². The van der Waals surface area contributed by atoms with Crippen LogP contribution in [0.15, 0.2) is 11.4 Å². The molecule has 3 rings (SSSR count). The predicted octanol–water partition coefficient (Wildman–Crippen LogP) is 3.85. The Bertz CT molecular complexity index is 771. The summed E-state index contributed by atoms with van der Waals surface area (Å²) >= 11 is 1.52. The number of carbonyl (C=O) groups excluding carboxylic acids is 1. The lowest BCUT2D eigenvalue weighted by Crippen LogP contribution is -2.28. The number of nitrogens with one attached hydrogen (secondary N) is 2. The Balaban J connectivity index is 1.54. The summed E-state index contributed by atoms with van der Waals surface area (Å²) in [5.41, 5.74) is 0.814. The van der Waals surface area contributed by atoms with Gasteiger partial charge in [0.15, 0.2) is 10.8 Å². The minimum absolute atomic E-state index is 0.145. The third-order valence-electron chi connectivity index (χ3n) is 5.35. The number of hydrogen-bond acceptors (Lipinski definition) is 6. The van der Waals surface area contributed by atoms with Crippen LogP contribution in [0.4, 0.5) is 5.82 Å². The molecule has 28 heavy (non-hydrogen) atoms. The van der Waals surface area contributed by atoms with Crippen LogP contribution in [0.1, 0.15) is 58.3 Å². The lowest BCUT2D eigenvalue weighted by molar-refractivity contribution is -0.121. The SMILES string of the molecule is CCCNc1nc(SC)nc2c1cnn2CCNC(=O)CCC1CCCCC1. The summed E-state index contributed by atoms with van der Waals surface area (Å²) in [5, 5.41) is 12.5. The van der Waals surface area contributed by atoms with Gasteiger partial charge in [-0.2, -0.15) is 5.10 Å². The Morgan fingerprint density at radius 1 is 1.25 bits per heavy atom. The van der Waals surface area contributed by atoms with Crippen LogP contribution in [0.25, 0.3) is 11.0 Å². The molecule has 2 heterocycles. The molecule has 0 atom stereocenters. The zero-order valence-corrected chi connectivity index (χ0v) is 17.9. The van der Waals surface area contributed by atoms with E-state index in [2.05, 4.69) is 32.6 Å². The van der Waals surface area contributed by atoms with Crippen LogP contribution in [0.2, 0.25) is 0 Å². The minimum atomic E-state index is 0.145. The first-order chi connectivity index (χ1) is 13.7. The number of amides is 1. The maximum atomic E-state index is 12.2. The number of hydrogen-bond donors (Lipinski definition) is 2. The fourth-order valence-corrected chi connectivity index (χ4v) is 4.13. The van der Waals surface area contributed by atoms with Crippen LogP contribution in [0.5, 0.6) is 0 Å². The number of nitrogens with zero attached hydrogens (tertiary/aromatic N) is 4. The molecule has 7 nitrogen and oxygen atoms in total. The highest BCUT2D eigenvalue weighted by atomic mass is 32.2. The third kappa shape index (κ3) is 5.59. The first-order valence-corrected chi connectivity index (χ1v) is 11.7. The van der Waals surface area contributed by atoms with Crippen molar-refractivity contribution in [3.8, 4) is 0 Å². The molecule has 2 N–H and O–H groups in total. The number of carbonyl (C=O) groups is 1. The second kappa shape index (κ2) is 10.6. The van der Waals surface area contributed by atoms with Crippen LogP contribution < -0.4 is 10.6 Å². The summed E-state index contributed by atoms with van der Waals surface area (Å²) < 4.78 is 1.86. The van der Waals surface area contributed by atoms with Gasteiger partial charge in [-0.15, -0.1) is 0 Å². The van der Waals surface area contributed by atoms with E-state index in [0.29, 0.717) is 19.5 Å². The first-order valence-electron chi connectivity index (χ1n) is 10.5. The minimum Gasteiger partial charge on any atom is -0.369 e. The van der Waals surface area contributed by atoms with E-state index in [9.17, 15) is 4.79 Å². The van der Waals surface area contributed by atoms with Crippen LogP contribution >= 0.6 is 11.8 Å². The van der Waals surface area contributed by atoms with E-state index in [1.165, 1.54) is 43.9 Å². The lowest BCUT2D eigenvalue weighted by atomic mass is 9.86. The van der Waals surface area contributed by atoms with Crippen LogP contribution in [-0.2, 0) is 11.3 Å². The van der Waals surface area contributed by atoms with Crippen molar-refractivity contribution in [1.29, 1.82) is 0 Å². The van der Waals surface area contributed by atoms with Crippen molar-refractivity contribution in [1.82, 2.24) is 25.1 Å². The number of anilines is 1. The molecule has 1 aliphatic carbocycles. The number of rotatable bonds is 10. The molecule has 2 aromatic heterocycles. The predicted molar refractivity (Wildman–Crippen MR) is 115 cm³/mol. The summed E-state index contributed by atoms with van der Waals surface area (Å²) in [6, 6.07) is 0. The Kier molecular flexibility index (Phi) is 7.94. The van der Waals surface area contributed by atoms with Gasteiger partial charge in [-0.25, -0.2) is 14.6 Å².